The van der Waals surface area contributed by atoms with Crippen LogP contribution in [0.2, 0.25) is 0 Å². The first kappa shape index (κ1) is 22.7. The third-order valence-electron chi connectivity index (χ3n) is 5.64. The number of carbonyl (C=O) groups excluding carboxylic acids is 1. The van der Waals surface area contributed by atoms with Crippen molar-refractivity contribution in [3.8, 4) is 0 Å². The van der Waals surface area contributed by atoms with Crippen LogP contribution < -0.4 is 4.90 Å². The summed E-state index contributed by atoms with van der Waals surface area (Å²) >= 11 is 0. The van der Waals surface area contributed by atoms with Crippen molar-refractivity contribution < 1.29 is 22.4 Å². The first-order valence-corrected chi connectivity index (χ1v) is 9.98. The van der Waals surface area contributed by atoms with E-state index in [4.69, 9.17) is 0 Å². The Morgan fingerprint density at radius 2 is 2.10 bits per heavy atom. The van der Waals surface area contributed by atoms with Crippen molar-refractivity contribution >= 4 is 11.6 Å². The van der Waals surface area contributed by atoms with E-state index in [1.54, 1.807) is 13.0 Å². The molecule has 164 valence electrons. The van der Waals surface area contributed by atoms with E-state index in [0.717, 1.165) is 6.92 Å². The van der Waals surface area contributed by atoms with Crippen LogP contribution in [-0.2, 0) is 17.1 Å². The van der Waals surface area contributed by atoms with Gasteiger partial charge in [0.2, 0.25) is 5.91 Å². The van der Waals surface area contributed by atoms with E-state index in [1.165, 1.54) is 42.3 Å². The van der Waals surface area contributed by atoms with Crippen LogP contribution in [0, 0.1) is 12.7 Å². The zero-order valence-electron chi connectivity index (χ0n) is 17.7. The van der Waals surface area contributed by atoms with Crippen LogP contribution >= 0.6 is 0 Å². The van der Waals surface area contributed by atoms with Crippen molar-refractivity contribution in [2.45, 2.75) is 45.5 Å². The largest absolute Gasteiger partial charge is 0.307 e. The number of halogens is 4. The molecule has 1 aliphatic rings. The Morgan fingerprint density at radius 1 is 1.39 bits per heavy atom. The second-order valence-electron chi connectivity index (χ2n) is 7.76. The minimum Gasteiger partial charge on any atom is -0.307 e. The Kier molecular flexibility index (Phi) is 6.34. The molecule has 1 atom stereocenters. The molecule has 1 aromatic heterocycles. The van der Waals surface area contributed by atoms with Gasteiger partial charge in [-0.05, 0) is 50.5 Å². The van der Waals surface area contributed by atoms with Gasteiger partial charge in [-0.2, -0.15) is 0 Å². The lowest BCUT2D eigenvalue weighted by molar-refractivity contribution is -0.120. The lowest BCUT2D eigenvalue weighted by Gasteiger charge is -2.27. The van der Waals surface area contributed by atoms with Gasteiger partial charge in [0.1, 0.15) is 11.6 Å². The molecule has 1 amide bonds. The van der Waals surface area contributed by atoms with E-state index in [9.17, 15) is 22.4 Å². The van der Waals surface area contributed by atoms with Gasteiger partial charge in [0.25, 0.3) is 5.92 Å². The van der Waals surface area contributed by atoms with Crippen molar-refractivity contribution in [3.05, 3.63) is 82.7 Å². The van der Waals surface area contributed by atoms with Gasteiger partial charge in [-0.1, -0.05) is 18.7 Å². The van der Waals surface area contributed by atoms with E-state index in [-0.39, 0.29) is 36.2 Å². The summed E-state index contributed by atoms with van der Waals surface area (Å²) < 4.78 is 56.6. The minimum atomic E-state index is -3.13. The molecule has 0 spiro atoms. The van der Waals surface area contributed by atoms with Gasteiger partial charge in [0.15, 0.2) is 0 Å². The Balaban J connectivity index is 2.11. The molecule has 31 heavy (non-hydrogen) atoms. The molecule has 0 bridgehead atoms. The van der Waals surface area contributed by atoms with Crippen LogP contribution in [-0.4, -0.2) is 17.4 Å². The van der Waals surface area contributed by atoms with Crippen molar-refractivity contribution in [3.63, 3.8) is 0 Å². The van der Waals surface area contributed by atoms with Gasteiger partial charge in [-0.15, -0.1) is 0 Å². The highest BCUT2D eigenvalue weighted by Crippen LogP contribution is 2.38. The zero-order chi connectivity index (χ0) is 22.9. The summed E-state index contributed by atoms with van der Waals surface area (Å²) in [4.78, 5) is 18.9. The number of hydrogen-bond donors (Lipinski definition) is 0. The molecule has 1 aromatic carbocycles. The molecule has 0 saturated heterocycles. The number of rotatable bonds is 5. The molecule has 1 unspecified atom stereocenters. The number of aromatic nitrogens is 1. The summed E-state index contributed by atoms with van der Waals surface area (Å²) in [7, 11) is 0. The van der Waals surface area contributed by atoms with E-state index in [0.29, 0.717) is 16.8 Å². The van der Waals surface area contributed by atoms with E-state index in [1.807, 2.05) is 0 Å². The van der Waals surface area contributed by atoms with Gasteiger partial charge < -0.3 is 4.90 Å². The molecule has 0 radical (unpaired) electrons. The topological polar surface area (TPSA) is 33.2 Å². The monoisotopic (exact) mass is 432 g/mol. The minimum absolute atomic E-state index is 0.145. The van der Waals surface area contributed by atoms with Crippen LogP contribution in [0.15, 0.2) is 54.5 Å². The number of pyridine rings is 1. The van der Waals surface area contributed by atoms with Crippen LogP contribution in [0.5, 0.6) is 0 Å². The maximum Gasteiger partial charge on any atom is 0.272 e. The number of anilines is 1. The molecule has 0 N–H and O–H groups in total. The van der Waals surface area contributed by atoms with Gasteiger partial charge in [-0.3, -0.25) is 9.78 Å². The van der Waals surface area contributed by atoms with Crippen molar-refractivity contribution in [1.82, 2.24) is 4.98 Å². The number of aryl methyl sites for hydroxylation is 1. The Hall–Kier alpha value is -2.96. The number of benzene rings is 1. The fraction of sp³-hybridized carbons (Fsp3) is 0.333. The lowest BCUT2D eigenvalue weighted by Crippen LogP contribution is -2.36. The molecular weight excluding hydrogens is 408 g/mol. The maximum absolute atomic E-state index is 14.6. The highest BCUT2D eigenvalue weighted by molar-refractivity contribution is 6.00. The first-order chi connectivity index (χ1) is 14.5. The van der Waals surface area contributed by atoms with E-state index in [2.05, 4.69) is 11.6 Å². The second kappa shape index (κ2) is 8.65. The highest BCUT2D eigenvalue weighted by atomic mass is 19.3. The smallest absolute Gasteiger partial charge is 0.272 e. The number of fused-ring (bicyclic) bond motifs is 1. The fourth-order valence-electron chi connectivity index (χ4n) is 3.93. The molecule has 3 rings (SSSR count). The number of amides is 1. The standard InChI is InChI=1S/C24H24F4N2O/c1-5-16(14(2)25)13-30-22-8-6-7-21(26)19(22)10-9-18(23(30)31)17-11-20(24(4,27)28)15(3)29-12-17/h5-8,11-12,18H,2,9-10,13H2,1,3-4H3/b16-5-. The van der Waals surface area contributed by atoms with Gasteiger partial charge in [0.05, 0.1) is 18.2 Å². The number of hydrogen-bond acceptors (Lipinski definition) is 2. The summed E-state index contributed by atoms with van der Waals surface area (Å²) in [6.07, 6.45) is 3.34. The third kappa shape index (κ3) is 4.55. The first-order valence-electron chi connectivity index (χ1n) is 9.98. The second-order valence-corrected chi connectivity index (χ2v) is 7.76. The Labute approximate surface area is 179 Å². The number of alkyl halides is 2. The zero-order valence-corrected chi connectivity index (χ0v) is 17.7. The molecule has 2 aromatic rings. The molecule has 0 fully saturated rings. The van der Waals surface area contributed by atoms with E-state index < -0.39 is 29.4 Å². The summed E-state index contributed by atoms with van der Waals surface area (Å²) in [6.45, 7) is 7.03. The Morgan fingerprint density at radius 3 is 2.71 bits per heavy atom. The van der Waals surface area contributed by atoms with Crippen LogP contribution in [0.4, 0.5) is 23.2 Å². The van der Waals surface area contributed by atoms with Crippen molar-refractivity contribution in [1.29, 1.82) is 0 Å². The number of allylic oxidation sites excluding steroid dienone is 1. The molecule has 0 aliphatic carbocycles. The maximum atomic E-state index is 14.6. The number of carbonyl (C=O) groups is 1. The quantitative estimate of drug-likeness (QED) is 0.420. The number of nitrogens with zero attached hydrogens (tertiary/aromatic N) is 2. The van der Waals surface area contributed by atoms with Gasteiger partial charge in [0, 0.05) is 35.5 Å². The van der Waals surface area contributed by atoms with Gasteiger partial charge in [-0.25, -0.2) is 17.6 Å². The summed E-state index contributed by atoms with van der Waals surface area (Å²) in [5, 5.41) is 0. The molecular formula is C24H24F4N2O. The molecule has 3 nitrogen and oxygen atoms in total. The third-order valence-corrected chi connectivity index (χ3v) is 5.64. The predicted octanol–water partition coefficient (Wildman–Crippen LogP) is 6.13. The average Bonchev–Trinajstić information content (AvgIpc) is 2.83. The normalized spacial score (nSPS) is 17.4. The lowest BCUT2D eigenvalue weighted by atomic mass is 9.91. The molecule has 2 heterocycles. The van der Waals surface area contributed by atoms with Crippen molar-refractivity contribution in [2.75, 3.05) is 11.4 Å². The average molecular weight is 432 g/mol. The van der Waals surface area contributed by atoms with Crippen LogP contribution in [0.3, 0.4) is 0 Å². The summed E-state index contributed by atoms with van der Waals surface area (Å²) in [6, 6.07) is 5.68. The van der Waals surface area contributed by atoms with Crippen molar-refractivity contribution in [2.24, 2.45) is 0 Å². The summed E-state index contributed by atoms with van der Waals surface area (Å²) in [5.41, 5.74) is 1.10. The van der Waals surface area contributed by atoms with Crippen LogP contribution in [0.25, 0.3) is 0 Å². The molecule has 7 heteroatoms. The fourth-order valence-corrected chi connectivity index (χ4v) is 3.93. The molecule has 1 aliphatic heterocycles. The van der Waals surface area contributed by atoms with Crippen LogP contribution in [0.1, 0.15) is 48.6 Å². The SMILES string of the molecule is C=C(F)/C(=C\C)CN1C(=O)C(c2cnc(C)c(C(C)(F)F)c2)CCc2c(F)cccc21. The summed E-state index contributed by atoms with van der Waals surface area (Å²) in [5.74, 6) is -5.55. The van der Waals surface area contributed by atoms with E-state index >= 15 is 0 Å². The highest BCUT2D eigenvalue weighted by Gasteiger charge is 2.35. The molecule has 0 saturated carbocycles. The predicted molar refractivity (Wildman–Crippen MR) is 112 cm³/mol. The Bertz CT molecular complexity index is 1060. The van der Waals surface area contributed by atoms with Gasteiger partial charge >= 0.3 is 0 Å².